The van der Waals surface area contributed by atoms with Crippen molar-refractivity contribution in [2.45, 2.75) is 38.1 Å². The number of anilines is 1. The standard InChI is InChI=1S/C15H20N2O3/c16-12-8-6-11(7-9-12)15(19)20-10-14(18)17-13-4-2-1-3-5-13/h6-9,13H,1-5,10,16H2,(H,17,18). The van der Waals surface area contributed by atoms with Crippen molar-refractivity contribution in [2.75, 3.05) is 12.3 Å². The SMILES string of the molecule is Nc1ccc(C(=O)OCC(=O)NC2CCCCC2)cc1. The van der Waals surface area contributed by atoms with Gasteiger partial charge < -0.3 is 15.8 Å². The summed E-state index contributed by atoms with van der Waals surface area (Å²) < 4.78 is 4.98. The van der Waals surface area contributed by atoms with Gasteiger partial charge in [-0.3, -0.25) is 4.79 Å². The molecule has 5 heteroatoms. The highest BCUT2D eigenvalue weighted by Gasteiger charge is 2.16. The maximum absolute atomic E-state index is 11.7. The third-order valence-electron chi connectivity index (χ3n) is 3.45. The number of carbonyl (C=O) groups is 2. The molecule has 3 N–H and O–H groups in total. The van der Waals surface area contributed by atoms with Crippen LogP contribution in [0.25, 0.3) is 0 Å². The van der Waals surface area contributed by atoms with Gasteiger partial charge in [0.05, 0.1) is 5.56 Å². The lowest BCUT2D eigenvalue weighted by molar-refractivity contribution is -0.125. The van der Waals surface area contributed by atoms with Crippen molar-refractivity contribution >= 4 is 17.6 Å². The van der Waals surface area contributed by atoms with Crippen molar-refractivity contribution in [2.24, 2.45) is 0 Å². The molecule has 2 rings (SSSR count). The maximum Gasteiger partial charge on any atom is 0.338 e. The van der Waals surface area contributed by atoms with Crippen LogP contribution in [0.1, 0.15) is 42.5 Å². The number of carbonyl (C=O) groups excluding carboxylic acids is 2. The molecule has 1 aliphatic carbocycles. The maximum atomic E-state index is 11.7. The number of nitrogens with one attached hydrogen (secondary N) is 1. The largest absolute Gasteiger partial charge is 0.452 e. The van der Waals surface area contributed by atoms with E-state index in [1.807, 2.05) is 0 Å². The van der Waals surface area contributed by atoms with Gasteiger partial charge in [-0.25, -0.2) is 4.79 Å². The lowest BCUT2D eigenvalue weighted by Gasteiger charge is -2.22. The summed E-state index contributed by atoms with van der Waals surface area (Å²) in [5, 5.41) is 2.90. The van der Waals surface area contributed by atoms with Gasteiger partial charge >= 0.3 is 5.97 Å². The summed E-state index contributed by atoms with van der Waals surface area (Å²) in [7, 11) is 0. The number of amides is 1. The fraction of sp³-hybridized carbons (Fsp3) is 0.467. The second kappa shape index (κ2) is 6.93. The molecule has 1 aromatic rings. The first-order valence-electron chi connectivity index (χ1n) is 6.97. The smallest absolute Gasteiger partial charge is 0.338 e. The van der Waals surface area contributed by atoms with Crippen molar-refractivity contribution in [1.29, 1.82) is 0 Å². The number of benzene rings is 1. The molecule has 0 heterocycles. The summed E-state index contributed by atoms with van der Waals surface area (Å²) in [6, 6.07) is 6.64. The summed E-state index contributed by atoms with van der Waals surface area (Å²) in [6.07, 6.45) is 5.56. The summed E-state index contributed by atoms with van der Waals surface area (Å²) in [4.78, 5) is 23.4. The Morgan fingerprint density at radius 2 is 1.80 bits per heavy atom. The average molecular weight is 276 g/mol. The van der Waals surface area contributed by atoms with Gasteiger partial charge in [0.25, 0.3) is 5.91 Å². The summed E-state index contributed by atoms with van der Waals surface area (Å²) in [5.41, 5.74) is 6.51. The van der Waals surface area contributed by atoms with Crippen molar-refractivity contribution in [1.82, 2.24) is 5.32 Å². The van der Waals surface area contributed by atoms with Crippen molar-refractivity contribution in [3.63, 3.8) is 0 Å². The molecule has 1 aromatic carbocycles. The van der Waals surface area contributed by atoms with Crippen LogP contribution in [-0.2, 0) is 9.53 Å². The molecule has 0 aromatic heterocycles. The van der Waals surface area contributed by atoms with Crippen LogP contribution in [0.4, 0.5) is 5.69 Å². The molecule has 1 aliphatic rings. The van der Waals surface area contributed by atoms with Crippen molar-refractivity contribution in [3.8, 4) is 0 Å². The second-order valence-corrected chi connectivity index (χ2v) is 5.10. The first-order chi connectivity index (χ1) is 9.65. The minimum atomic E-state index is -0.510. The van der Waals surface area contributed by atoms with Gasteiger partial charge in [-0.1, -0.05) is 19.3 Å². The Kier molecular flexibility index (Phi) is 4.98. The minimum absolute atomic E-state index is 0.228. The van der Waals surface area contributed by atoms with E-state index in [0.29, 0.717) is 11.3 Å². The molecule has 5 nitrogen and oxygen atoms in total. The van der Waals surface area contributed by atoms with Gasteiger partial charge in [0.15, 0.2) is 6.61 Å². The predicted octanol–water partition coefficient (Wildman–Crippen LogP) is 1.87. The van der Waals surface area contributed by atoms with Crippen LogP contribution < -0.4 is 11.1 Å². The third-order valence-corrected chi connectivity index (χ3v) is 3.45. The van der Waals surface area contributed by atoms with Gasteiger partial charge in [-0.15, -0.1) is 0 Å². The van der Waals surface area contributed by atoms with Crippen LogP contribution in [0.15, 0.2) is 24.3 Å². The number of nitrogens with two attached hydrogens (primary N) is 1. The molecule has 0 unspecified atom stereocenters. The van der Waals surface area contributed by atoms with Gasteiger partial charge in [-0.2, -0.15) is 0 Å². The highest BCUT2D eigenvalue weighted by Crippen LogP contribution is 2.17. The Hall–Kier alpha value is -2.04. The number of rotatable bonds is 4. The lowest BCUT2D eigenvalue weighted by atomic mass is 9.95. The number of hydrogen-bond donors (Lipinski definition) is 2. The highest BCUT2D eigenvalue weighted by molar-refractivity contribution is 5.91. The molecule has 1 amide bonds. The monoisotopic (exact) mass is 276 g/mol. The van der Waals surface area contributed by atoms with Gasteiger partial charge in [0.1, 0.15) is 0 Å². The van der Waals surface area contributed by atoms with Crippen LogP contribution >= 0.6 is 0 Å². The van der Waals surface area contributed by atoms with E-state index < -0.39 is 5.97 Å². The van der Waals surface area contributed by atoms with E-state index in [-0.39, 0.29) is 18.6 Å². The highest BCUT2D eigenvalue weighted by atomic mass is 16.5. The van der Waals surface area contributed by atoms with Crippen LogP contribution in [0.5, 0.6) is 0 Å². The third kappa shape index (κ3) is 4.26. The Labute approximate surface area is 118 Å². The Bertz CT molecular complexity index is 465. The zero-order chi connectivity index (χ0) is 14.4. The van der Waals surface area contributed by atoms with E-state index in [9.17, 15) is 9.59 Å². The zero-order valence-corrected chi connectivity index (χ0v) is 11.4. The average Bonchev–Trinajstić information content (AvgIpc) is 2.46. The molecule has 0 atom stereocenters. The van der Waals surface area contributed by atoms with Gasteiger partial charge in [0.2, 0.25) is 0 Å². The number of ether oxygens (including phenoxy) is 1. The fourth-order valence-corrected chi connectivity index (χ4v) is 2.35. The molecule has 0 saturated heterocycles. The molecule has 1 saturated carbocycles. The van der Waals surface area contributed by atoms with Crippen LogP contribution in [0, 0.1) is 0 Å². The molecule has 108 valence electrons. The van der Waals surface area contributed by atoms with Gasteiger partial charge in [0, 0.05) is 11.7 Å². The zero-order valence-electron chi connectivity index (χ0n) is 11.4. The molecular weight excluding hydrogens is 256 g/mol. The Morgan fingerprint density at radius 3 is 2.45 bits per heavy atom. The lowest BCUT2D eigenvalue weighted by Crippen LogP contribution is -2.38. The van der Waals surface area contributed by atoms with Gasteiger partial charge in [-0.05, 0) is 37.1 Å². The molecule has 0 bridgehead atoms. The molecule has 0 spiro atoms. The first-order valence-corrected chi connectivity index (χ1v) is 6.97. The van der Waals surface area contributed by atoms with Crippen LogP contribution in [0.2, 0.25) is 0 Å². The summed E-state index contributed by atoms with van der Waals surface area (Å²) in [6.45, 7) is -0.236. The molecule has 0 radical (unpaired) electrons. The number of nitrogen functional groups attached to an aromatic ring is 1. The summed E-state index contributed by atoms with van der Waals surface area (Å²) in [5.74, 6) is -0.746. The summed E-state index contributed by atoms with van der Waals surface area (Å²) >= 11 is 0. The van der Waals surface area contributed by atoms with Crippen molar-refractivity contribution in [3.05, 3.63) is 29.8 Å². The van der Waals surface area contributed by atoms with E-state index in [1.54, 1.807) is 24.3 Å². The number of hydrogen-bond acceptors (Lipinski definition) is 4. The first kappa shape index (κ1) is 14.4. The van der Waals surface area contributed by atoms with Crippen LogP contribution in [0.3, 0.4) is 0 Å². The topological polar surface area (TPSA) is 81.4 Å². The van der Waals surface area contributed by atoms with E-state index in [0.717, 1.165) is 25.7 Å². The number of esters is 1. The predicted molar refractivity (Wildman–Crippen MR) is 76.2 cm³/mol. The minimum Gasteiger partial charge on any atom is -0.452 e. The molecular formula is C15H20N2O3. The fourth-order valence-electron chi connectivity index (χ4n) is 2.35. The van der Waals surface area contributed by atoms with Crippen LogP contribution in [-0.4, -0.2) is 24.5 Å². The second-order valence-electron chi connectivity index (χ2n) is 5.10. The normalized spacial score (nSPS) is 15.6. The molecule has 1 fully saturated rings. The Balaban J connectivity index is 1.75. The van der Waals surface area contributed by atoms with Crippen molar-refractivity contribution < 1.29 is 14.3 Å². The van der Waals surface area contributed by atoms with E-state index in [1.165, 1.54) is 6.42 Å². The Morgan fingerprint density at radius 1 is 1.15 bits per heavy atom. The molecule has 20 heavy (non-hydrogen) atoms. The van der Waals surface area contributed by atoms with E-state index in [4.69, 9.17) is 10.5 Å². The van der Waals surface area contributed by atoms with E-state index >= 15 is 0 Å². The molecule has 0 aliphatic heterocycles. The van der Waals surface area contributed by atoms with E-state index in [2.05, 4.69) is 5.32 Å². The quantitative estimate of drug-likeness (QED) is 0.650.